The summed E-state index contributed by atoms with van der Waals surface area (Å²) in [6.45, 7) is 10.8. The van der Waals surface area contributed by atoms with Gasteiger partial charge in [0.2, 0.25) is 0 Å². The van der Waals surface area contributed by atoms with Crippen molar-refractivity contribution in [3.05, 3.63) is 33.5 Å². The average molecular weight is 306 g/mol. The zero-order chi connectivity index (χ0) is 15.6. The summed E-state index contributed by atoms with van der Waals surface area (Å²) in [5.41, 5.74) is 1.45. The van der Waals surface area contributed by atoms with E-state index in [0.717, 1.165) is 15.6 Å². The summed E-state index contributed by atoms with van der Waals surface area (Å²) in [4.78, 5) is 17.7. The average Bonchev–Trinajstić information content (AvgIpc) is 3.03. The van der Waals surface area contributed by atoms with E-state index in [1.807, 2.05) is 27.0 Å². The fourth-order valence-electron chi connectivity index (χ4n) is 1.86. The number of hydrogen-bond donors (Lipinski definition) is 1. The Morgan fingerprint density at radius 3 is 2.62 bits per heavy atom. The molecule has 0 bridgehead atoms. The van der Waals surface area contributed by atoms with Crippen LogP contribution in [0.5, 0.6) is 0 Å². The number of amides is 1. The van der Waals surface area contributed by atoms with E-state index in [9.17, 15) is 4.79 Å². The first kappa shape index (κ1) is 15.7. The zero-order valence-electron chi connectivity index (χ0n) is 13.2. The van der Waals surface area contributed by atoms with Crippen LogP contribution in [0, 0.1) is 6.92 Å². The van der Waals surface area contributed by atoms with Gasteiger partial charge in [0.15, 0.2) is 0 Å². The number of carbonyl (C=O) groups excluding carboxylic acids is 1. The minimum Gasteiger partial charge on any atom is -0.346 e. The predicted octanol–water partition coefficient (Wildman–Crippen LogP) is 3.28. The van der Waals surface area contributed by atoms with Crippen molar-refractivity contribution >= 4 is 17.2 Å². The minimum absolute atomic E-state index is 0.145. The van der Waals surface area contributed by atoms with Crippen LogP contribution < -0.4 is 5.32 Å². The Morgan fingerprint density at radius 1 is 1.38 bits per heavy atom. The first-order chi connectivity index (χ1) is 9.88. The molecule has 6 heteroatoms. The van der Waals surface area contributed by atoms with Crippen LogP contribution >= 0.6 is 11.3 Å². The lowest BCUT2D eigenvalue weighted by Crippen LogP contribution is -2.23. The number of rotatable bonds is 5. The van der Waals surface area contributed by atoms with Crippen LogP contribution in [0.3, 0.4) is 0 Å². The number of carbonyl (C=O) groups is 1. The summed E-state index contributed by atoms with van der Waals surface area (Å²) >= 11 is 1.66. The molecule has 0 aliphatic rings. The zero-order valence-corrected chi connectivity index (χ0v) is 14.0. The van der Waals surface area contributed by atoms with Gasteiger partial charge in [-0.1, -0.05) is 13.8 Å². The van der Waals surface area contributed by atoms with Gasteiger partial charge < -0.3 is 5.32 Å². The smallest absolute Gasteiger partial charge is 0.272 e. The first-order valence-corrected chi connectivity index (χ1v) is 7.99. The van der Waals surface area contributed by atoms with Crippen molar-refractivity contribution in [3.63, 3.8) is 0 Å². The topological polar surface area (TPSA) is 59.8 Å². The van der Waals surface area contributed by atoms with Crippen molar-refractivity contribution in [3.8, 4) is 0 Å². The van der Waals surface area contributed by atoms with Gasteiger partial charge in [0.25, 0.3) is 5.91 Å². The Bertz CT molecular complexity index is 627. The quantitative estimate of drug-likeness (QED) is 0.922. The standard InChI is InChI=1S/C15H22N4OS/c1-9(2)15-17-11(5)13(21-15)8-16-14(20)12-6-7-19(18-12)10(3)4/h6-7,9-10H,8H2,1-5H3,(H,16,20). The van der Waals surface area contributed by atoms with Crippen LogP contribution in [0.2, 0.25) is 0 Å². The molecule has 0 radical (unpaired) electrons. The number of aryl methyl sites for hydroxylation is 1. The van der Waals surface area contributed by atoms with Gasteiger partial charge in [0, 0.05) is 23.0 Å². The molecule has 21 heavy (non-hydrogen) atoms. The molecule has 2 rings (SSSR count). The third kappa shape index (κ3) is 3.69. The maximum absolute atomic E-state index is 12.1. The van der Waals surface area contributed by atoms with Crippen LogP contribution in [0.1, 0.15) is 65.7 Å². The van der Waals surface area contributed by atoms with E-state index in [2.05, 4.69) is 29.2 Å². The molecule has 0 aliphatic heterocycles. The van der Waals surface area contributed by atoms with Crippen LogP contribution in [0.4, 0.5) is 0 Å². The summed E-state index contributed by atoms with van der Waals surface area (Å²) in [5, 5.41) is 8.30. The summed E-state index contributed by atoms with van der Waals surface area (Å²) in [7, 11) is 0. The first-order valence-electron chi connectivity index (χ1n) is 7.18. The Hall–Kier alpha value is -1.69. The largest absolute Gasteiger partial charge is 0.346 e. The Morgan fingerprint density at radius 2 is 2.10 bits per heavy atom. The van der Waals surface area contributed by atoms with Crippen molar-refractivity contribution in [2.75, 3.05) is 0 Å². The monoisotopic (exact) mass is 306 g/mol. The second-order valence-corrected chi connectivity index (χ2v) is 6.79. The molecule has 114 valence electrons. The van der Waals surface area contributed by atoms with Crippen LogP contribution in [0.15, 0.2) is 12.3 Å². The van der Waals surface area contributed by atoms with E-state index in [1.54, 1.807) is 22.1 Å². The molecule has 0 aliphatic carbocycles. The molecular weight excluding hydrogens is 284 g/mol. The molecule has 0 spiro atoms. The summed E-state index contributed by atoms with van der Waals surface area (Å²) in [6.07, 6.45) is 1.83. The molecule has 0 fully saturated rings. The van der Waals surface area contributed by atoms with Crippen LogP contribution in [0.25, 0.3) is 0 Å². The SMILES string of the molecule is Cc1nc(C(C)C)sc1CNC(=O)c1ccn(C(C)C)n1. The molecule has 0 saturated heterocycles. The highest BCUT2D eigenvalue weighted by molar-refractivity contribution is 7.11. The van der Waals surface area contributed by atoms with Crippen molar-refractivity contribution in [1.82, 2.24) is 20.1 Å². The Kier molecular flexibility index (Phi) is 4.77. The summed E-state index contributed by atoms with van der Waals surface area (Å²) < 4.78 is 1.78. The van der Waals surface area contributed by atoms with Gasteiger partial charge >= 0.3 is 0 Å². The molecule has 0 unspecified atom stereocenters. The second kappa shape index (κ2) is 6.39. The van der Waals surface area contributed by atoms with Crippen LogP contribution in [-0.2, 0) is 6.54 Å². The minimum atomic E-state index is -0.145. The van der Waals surface area contributed by atoms with E-state index < -0.39 is 0 Å². The van der Waals surface area contributed by atoms with Crippen molar-refractivity contribution < 1.29 is 4.79 Å². The number of nitrogens with zero attached hydrogens (tertiary/aromatic N) is 3. The molecule has 2 aromatic heterocycles. The van der Waals surface area contributed by atoms with E-state index in [4.69, 9.17) is 0 Å². The maximum Gasteiger partial charge on any atom is 0.272 e. The predicted molar refractivity (Wildman–Crippen MR) is 84.7 cm³/mol. The van der Waals surface area contributed by atoms with Crippen molar-refractivity contribution in [2.45, 2.75) is 53.1 Å². The van der Waals surface area contributed by atoms with Gasteiger partial charge in [0.1, 0.15) is 5.69 Å². The second-order valence-electron chi connectivity index (χ2n) is 5.67. The molecule has 0 atom stereocenters. The van der Waals surface area contributed by atoms with Gasteiger partial charge in [-0.05, 0) is 26.8 Å². The molecule has 0 aromatic carbocycles. The molecule has 1 amide bonds. The molecule has 5 nitrogen and oxygen atoms in total. The molecule has 1 N–H and O–H groups in total. The normalized spacial score (nSPS) is 11.4. The number of nitrogens with one attached hydrogen (secondary N) is 1. The number of thiazole rings is 1. The lowest BCUT2D eigenvalue weighted by atomic mass is 10.2. The summed E-state index contributed by atoms with van der Waals surface area (Å²) in [6, 6.07) is 2.00. The van der Waals surface area contributed by atoms with Gasteiger partial charge in [-0.15, -0.1) is 11.3 Å². The van der Waals surface area contributed by atoms with Gasteiger partial charge in [-0.2, -0.15) is 5.10 Å². The highest BCUT2D eigenvalue weighted by Crippen LogP contribution is 2.24. The third-order valence-electron chi connectivity index (χ3n) is 3.18. The van der Waals surface area contributed by atoms with Crippen molar-refractivity contribution in [2.24, 2.45) is 0 Å². The molecule has 2 heterocycles. The maximum atomic E-state index is 12.1. The van der Waals surface area contributed by atoms with Gasteiger partial charge in [0.05, 0.1) is 17.2 Å². The number of aromatic nitrogens is 3. The number of hydrogen-bond acceptors (Lipinski definition) is 4. The van der Waals surface area contributed by atoms with Crippen molar-refractivity contribution in [1.29, 1.82) is 0 Å². The van der Waals surface area contributed by atoms with Gasteiger partial charge in [-0.25, -0.2) is 4.98 Å². The highest BCUT2D eigenvalue weighted by Gasteiger charge is 2.14. The van der Waals surface area contributed by atoms with Crippen LogP contribution in [-0.4, -0.2) is 20.7 Å². The fraction of sp³-hybridized carbons (Fsp3) is 0.533. The summed E-state index contributed by atoms with van der Waals surface area (Å²) in [5.74, 6) is 0.271. The van der Waals surface area contributed by atoms with E-state index in [1.165, 1.54) is 0 Å². The fourth-order valence-corrected chi connectivity index (χ4v) is 2.87. The highest BCUT2D eigenvalue weighted by atomic mass is 32.1. The third-order valence-corrected chi connectivity index (χ3v) is 4.64. The van der Waals surface area contributed by atoms with E-state index in [-0.39, 0.29) is 11.9 Å². The Labute approximate surface area is 129 Å². The van der Waals surface area contributed by atoms with Gasteiger partial charge in [-0.3, -0.25) is 9.48 Å². The molecule has 0 saturated carbocycles. The lowest BCUT2D eigenvalue weighted by Gasteiger charge is -2.04. The molecule has 2 aromatic rings. The molecular formula is C15H22N4OS. The Balaban J connectivity index is 2.00. The van der Waals surface area contributed by atoms with E-state index >= 15 is 0 Å². The lowest BCUT2D eigenvalue weighted by molar-refractivity contribution is 0.0945. The van der Waals surface area contributed by atoms with E-state index in [0.29, 0.717) is 18.2 Å².